The van der Waals surface area contributed by atoms with Crippen LogP contribution in [0.1, 0.15) is 28.4 Å². The summed E-state index contributed by atoms with van der Waals surface area (Å²) >= 11 is 0. The largest absolute Gasteiger partial charge is 0.454 e. The molecule has 5 rings (SSSR count). The lowest BCUT2D eigenvalue weighted by atomic mass is 9.74. The molecular formula is C18H13NO3. The number of benzene rings is 2. The highest BCUT2D eigenvalue weighted by molar-refractivity contribution is 6.26. The highest BCUT2D eigenvalue weighted by Crippen LogP contribution is 2.52. The second-order valence-electron chi connectivity index (χ2n) is 5.95. The van der Waals surface area contributed by atoms with Gasteiger partial charge in [-0.2, -0.15) is 0 Å². The third-order valence-corrected chi connectivity index (χ3v) is 4.99. The number of ether oxygens (including phenoxy) is 2. The van der Waals surface area contributed by atoms with Crippen molar-refractivity contribution in [1.82, 2.24) is 0 Å². The monoisotopic (exact) mass is 291 g/mol. The molecule has 0 N–H and O–H groups in total. The fraction of sp³-hybridized carbons (Fsp3) is 0.222. The predicted octanol–water partition coefficient (Wildman–Crippen LogP) is 3.20. The molecule has 0 amide bonds. The number of hydrogen-bond acceptors (Lipinski definition) is 4. The van der Waals surface area contributed by atoms with Gasteiger partial charge in [0, 0.05) is 16.8 Å². The molecule has 0 bridgehead atoms. The van der Waals surface area contributed by atoms with Crippen LogP contribution in [0.3, 0.4) is 0 Å². The molecule has 4 nitrogen and oxygen atoms in total. The van der Waals surface area contributed by atoms with Gasteiger partial charge in [0.2, 0.25) is 6.79 Å². The minimum Gasteiger partial charge on any atom is -0.454 e. The maximum atomic E-state index is 13.2. The van der Waals surface area contributed by atoms with Crippen molar-refractivity contribution < 1.29 is 14.3 Å². The van der Waals surface area contributed by atoms with Crippen LogP contribution in [0.2, 0.25) is 0 Å². The van der Waals surface area contributed by atoms with Crippen molar-refractivity contribution in [2.45, 2.75) is 18.8 Å². The molecular weight excluding hydrogens is 278 g/mol. The van der Waals surface area contributed by atoms with Gasteiger partial charge >= 0.3 is 0 Å². The first-order chi connectivity index (χ1) is 10.7. The van der Waals surface area contributed by atoms with Gasteiger partial charge in [0.05, 0.1) is 5.69 Å². The molecule has 1 unspecified atom stereocenters. The van der Waals surface area contributed by atoms with E-state index in [1.54, 1.807) is 0 Å². The number of fused-ring (bicyclic) bond motifs is 5. The SMILES string of the molecule is CC1=Nc2ccccc2C12Cc1c(ccc3c1OCO3)C2=O. The maximum absolute atomic E-state index is 13.2. The van der Waals surface area contributed by atoms with Crippen LogP contribution in [0.4, 0.5) is 5.69 Å². The average Bonchev–Trinajstić information content (AvgIpc) is 3.18. The first-order valence-corrected chi connectivity index (χ1v) is 7.33. The molecule has 2 aromatic rings. The van der Waals surface area contributed by atoms with E-state index < -0.39 is 5.41 Å². The number of aliphatic imine (C=N–C) groups is 1. The number of carbonyl (C=O) groups is 1. The Kier molecular flexibility index (Phi) is 2.05. The van der Waals surface area contributed by atoms with Crippen LogP contribution in [-0.2, 0) is 11.8 Å². The molecule has 0 aromatic heterocycles. The number of nitrogens with zero attached hydrogens (tertiary/aromatic N) is 1. The summed E-state index contributed by atoms with van der Waals surface area (Å²) in [7, 11) is 0. The highest BCUT2D eigenvalue weighted by atomic mass is 16.7. The molecule has 3 aliphatic rings. The summed E-state index contributed by atoms with van der Waals surface area (Å²) in [5, 5.41) is 0. The summed E-state index contributed by atoms with van der Waals surface area (Å²) in [5.41, 5.74) is 3.78. The van der Waals surface area contributed by atoms with Crippen molar-refractivity contribution in [1.29, 1.82) is 0 Å². The van der Waals surface area contributed by atoms with Gasteiger partial charge in [0.1, 0.15) is 5.41 Å². The van der Waals surface area contributed by atoms with Gasteiger partial charge in [-0.25, -0.2) is 0 Å². The maximum Gasteiger partial charge on any atom is 0.231 e. The number of para-hydroxylation sites is 1. The first-order valence-electron chi connectivity index (χ1n) is 7.33. The van der Waals surface area contributed by atoms with E-state index in [0.717, 1.165) is 39.6 Å². The molecule has 1 atom stereocenters. The summed E-state index contributed by atoms with van der Waals surface area (Å²) in [4.78, 5) is 17.9. The van der Waals surface area contributed by atoms with E-state index in [9.17, 15) is 4.79 Å². The lowest BCUT2D eigenvalue weighted by Gasteiger charge is -2.23. The lowest BCUT2D eigenvalue weighted by molar-refractivity contribution is 0.0946. The molecule has 0 saturated heterocycles. The zero-order valence-electron chi connectivity index (χ0n) is 12.1. The molecule has 0 saturated carbocycles. The van der Waals surface area contributed by atoms with Crippen molar-refractivity contribution >= 4 is 17.2 Å². The van der Waals surface area contributed by atoms with Crippen molar-refractivity contribution in [3.63, 3.8) is 0 Å². The Morgan fingerprint density at radius 1 is 1.14 bits per heavy atom. The Labute approximate surface area is 127 Å². The highest BCUT2D eigenvalue weighted by Gasteiger charge is 2.54. The summed E-state index contributed by atoms with van der Waals surface area (Å²) in [6.45, 7) is 2.16. The van der Waals surface area contributed by atoms with Gasteiger partial charge in [-0.05, 0) is 37.1 Å². The van der Waals surface area contributed by atoms with E-state index in [1.807, 2.05) is 43.3 Å². The Balaban J connectivity index is 1.77. The van der Waals surface area contributed by atoms with Gasteiger partial charge in [-0.3, -0.25) is 9.79 Å². The van der Waals surface area contributed by atoms with Gasteiger partial charge in [0.25, 0.3) is 0 Å². The minimum absolute atomic E-state index is 0.118. The number of rotatable bonds is 0. The Morgan fingerprint density at radius 2 is 2.00 bits per heavy atom. The Bertz CT molecular complexity index is 884. The quantitative estimate of drug-likeness (QED) is 0.749. The van der Waals surface area contributed by atoms with E-state index in [2.05, 4.69) is 4.99 Å². The van der Waals surface area contributed by atoms with E-state index >= 15 is 0 Å². The van der Waals surface area contributed by atoms with Crippen molar-refractivity contribution in [3.05, 3.63) is 53.1 Å². The number of Topliss-reactive ketones (excluding diaryl/α,β-unsaturated/α-hetero) is 1. The number of carbonyl (C=O) groups excluding carboxylic acids is 1. The topological polar surface area (TPSA) is 47.9 Å². The molecule has 1 spiro atoms. The third kappa shape index (κ3) is 1.20. The number of hydrogen-bond donors (Lipinski definition) is 0. The second-order valence-corrected chi connectivity index (χ2v) is 5.95. The molecule has 2 heterocycles. The van der Waals surface area contributed by atoms with Crippen LogP contribution in [0.15, 0.2) is 41.4 Å². The average molecular weight is 291 g/mol. The standard InChI is InChI=1S/C18H13NO3/c1-10-18(13-4-2-3-5-14(13)19-10)8-12-11(17(18)20)6-7-15-16(12)22-9-21-15/h2-7H,8-9H2,1H3. The lowest BCUT2D eigenvalue weighted by Crippen LogP contribution is -2.38. The van der Waals surface area contributed by atoms with E-state index in [-0.39, 0.29) is 12.6 Å². The predicted molar refractivity (Wildman–Crippen MR) is 81.5 cm³/mol. The molecule has 1 aliphatic carbocycles. The molecule has 0 fully saturated rings. The first kappa shape index (κ1) is 12.0. The summed E-state index contributed by atoms with van der Waals surface area (Å²) in [5.74, 6) is 1.57. The van der Waals surface area contributed by atoms with Gasteiger partial charge < -0.3 is 9.47 Å². The van der Waals surface area contributed by atoms with Crippen LogP contribution >= 0.6 is 0 Å². The molecule has 4 heteroatoms. The van der Waals surface area contributed by atoms with Gasteiger partial charge in [-0.15, -0.1) is 0 Å². The smallest absolute Gasteiger partial charge is 0.231 e. The Morgan fingerprint density at radius 3 is 2.91 bits per heavy atom. The third-order valence-electron chi connectivity index (χ3n) is 4.99. The second kappa shape index (κ2) is 3.77. The molecule has 22 heavy (non-hydrogen) atoms. The zero-order chi connectivity index (χ0) is 14.9. The molecule has 2 aliphatic heterocycles. The van der Waals surface area contributed by atoms with Crippen LogP contribution < -0.4 is 9.47 Å². The normalized spacial score (nSPS) is 23.7. The Hall–Kier alpha value is -2.62. The summed E-state index contributed by atoms with van der Waals surface area (Å²) in [6.07, 6.45) is 0.597. The zero-order valence-corrected chi connectivity index (χ0v) is 12.1. The molecule has 108 valence electrons. The molecule has 2 aromatic carbocycles. The van der Waals surface area contributed by atoms with Crippen LogP contribution in [0.25, 0.3) is 0 Å². The molecule has 0 radical (unpaired) electrons. The summed E-state index contributed by atoms with van der Waals surface area (Å²) in [6, 6.07) is 11.6. The van der Waals surface area contributed by atoms with Crippen LogP contribution in [-0.4, -0.2) is 18.3 Å². The van der Waals surface area contributed by atoms with Crippen molar-refractivity contribution in [2.24, 2.45) is 4.99 Å². The van der Waals surface area contributed by atoms with E-state index in [0.29, 0.717) is 6.42 Å². The fourth-order valence-corrected chi connectivity index (χ4v) is 3.91. The van der Waals surface area contributed by atoms with Crippen molar-refractivity contribution in [3.8, 4) is 11.5 Å². The number of ketones is 1. The van der Waals surface area contributed by atoms with Crippen molar-refractivity contribution in [2.75, 3.05) is 6.79 Å². The fourth-order valence-electron chi connectivity index (χ4n) is 3.91. The minimum atomic E-state index is -0.667. The van der Waals surface area contributed by atoms with Crippen LogP contribution in [0, 0.1) is 0 Å². The summed E-state index contributed by atoms with van der Waals surface area (Å²) < 4.78 is 11.0. The van der Waals surface area contributed by atoms with Gasteiger partial charge in [-0.1, -0.05) is 18.2 Å². The van der Waals surface area contributed by atoms with E-state index in [1.165, 1.54) is 0 Å². The van der Waals surface area contributed by atoms with E-state index in [4.69, 9.17) is 9.47 Å². The van der Waals surface area contributed by atoms with Gasteiger partial charge in [0.15, 0.2) is 17.3 Å². The van der Waals surface area contributed by atoms with Crippen LogP contribution in [0.5, 0.6) is 11.5 Å².